The molecule has 2 rings (SSSR count). The summed E-state index contributed by atoms with van der Waals surface area (Å²) >= 11 is 11.7. The number of ether oxygens (including phenoxy) is 1. The SMILES string of the molecule is CN(CC(=O)Nc1ccc(Cl)c(Cl)c1)C(=O)C(N)C1CCOCC1.Cl. The molecule has 0 radical (unpaired) electrons. The van der Waals surface area contributed by atoms with E-state index in [0.29, 0.717) is 28.9 Å². The minimum absolute atomic E-state index is 0. The molecule has 0 spiro atoms. The van der Waals surface area contributed by atoms with Crippen LogP contribution in [0.3, 0.4) is 0 Å². The minimum atomic E-state index is -0.614. The monoisotopic (exact) mass is 409 g/mol. The third-order valence-electron chi connectivity index (χ3n) is 4.02. The van der Waals surface area contributed by atoms with Crippen molar-refractivity contribution in [3.05, 3.63) is 28.2 Å². The predicted octanol–water partition coefficient (Wildman–Crippen LogP) is 2.57. The molecule has 1 aliphatic heterocycles. The van der Waals surface area contributed by atoms with Crippen molar-refractivity contribution in [3.63, 3.8) is 0 Å². The van der Waals surface area contributed by atoms with Crippen LogP contribution < -0.4 is 11.1 Å². The molecule has 1 atom stereocenters. The summed E-state index contributed by atoms with van der Waals surface area (Å²) in [6.07, 6.45) is 1.52. The lowest BCUT2D eigenvalue weighted by Crippen LogP contribution is -2.49. The smallest absolute Gasteiger partial charge is 0.243 e. The summed E-state index contributed by atoms with van der Waals surface area (Å²) in [5.41, 5.74) is 6.56. The van der Waals surface area contributed by atoms with E-state index in [4.69, 9.17) is 33.7 Å². The van der Waals surface area contributed by atoms with Gasteiger partial charge in [0.25, 0.3) is 0 Å². The van der Waals surface area contributed by atoms with Crippen LogP contribution in [0.1, 0.15) is 12.8 Å². The van der Waals surface area contributed by atoms with Gasteiger partial charge < -0.3 is 20.7 Å². The van der Waals surface area contributed by atoms with Crippen LogP contribution in [0.2, 0.25) is 10.0 Å². The molecule has 1 heterocycles. The van der Waals surface area contributed by atoms with E-state index in [1.165, 1.54) is 4.90 Å². The molecule has 0 aromatic heterocycles. The average Bonchev–Trinajstić information content (AvgIpc) is 2.57. The van der Waals surface area contributed by atoms with Gasteiger partial charge in [0, 0.05) is 25.9 Å². The molecular formula is C16H22Cl3N3O3. The summed E-state index contributed by atoms with van der Waals surface area (Å²) in [6.45, 7) is 1.15. The maximum Gasteiger partial charge on any atom is 0.243 e. The Morgan fingerprint density at radius 2 is 1.96 bits per heavy atom. The number of carbonyl (C=O) groups excluding carboxylic acids is 2. The fraction of sp³-hybridized carbons (Fsp3) is 0.500. The van der Waals surface area contributed by atoms with Gasteiger partial charge in [0.2, 0.25) is 11.8 Å². The van der Waals surface area contributed by atoms with E-state index in [2.05, 4.69) is 5.32 Å². The normalized spacial score (nSPS) is 15.8. The highest BCUT2D eigenvalue weighted by atomic mass is 35.5. The first-order chi connectivity index (χ1) is 11.4. The Morgan fingerprint density at radius 1 is 1.32 bits per heavy atom. The maximum absolute atomic E-state index is 12.4. The van der Waals surface area contributed by atoms with Gasteiger partial charge in [-0.3, -0.25) is 9.59 Å². The van der Waals surface area contributed by atoms with E-state index in [1.807, 2.05) is 0 Å². The lowest BCUT2D eigenvalue weighted by atomic mass is 9.91. The Kier molecular flexibility index (Phi) is 8.96. The molecule has 0 aliphatic carbocycles. The van der Waals surface area contributed by atoms with Gasteiger partial charge in [-0.2, -0.15) is 0 Å². The molecule has 2 amide bonds. The number of halogens is 3. The summed E-state index contributed by atoms with van der Waals surface area (Å²) < 4.78 is 5.27. The molecule has 25 heavy (non-hydrogen) atoms. The molecule has 0 bridgehead atoms. The number of hydrogen-bond acceptors (Lipinski definition) is 4. The summed E-state index contributed by atoms with van der Waals surface area (Å²) in [7, 11) is 1.57. The van der Waals surface area contributed by atoms with Crippen LogP contribution in [0.5, 0.6) is 0 Å². The van der Waals surface area contributed by atoms with Crippen LogP contribution in [-0.2, 0) is 14.3 Å². The summed E-state index contributed by atoms with van der Waals surface area (Å²) in [6, 6.07) is 4.17. The van der Waals surface area contributed by atoms with Crippen molar-refractivity contribution in [2.75, 3.05) is 32.1 Å². The number of hydrogen-bond donors (Lipinski definition) is 2. The van der Waals surface area contributed by atoms with Gasteiger partial charge in [-0.15, -0.1) is 12.4 Å². The third-order valence-corrected chi connectivity index (χ3v) is 4.76. The minimum Gasteiger partial charge on any atom is -0.381 e. The number of carbonyl (C=O) groups is 2. The number of amides is 2. The third kappa shape index (κ3) is 6.31. The van der Waals surface area contributed by atoms with E-state index in [9.17, 15) is 9.59 Å². The molecule has 140 valence electrons. The molecule has 1 saturated heterocycles. The topological polar surface area (TPSA) is 84.7 Å². The lowest BCUT2D eigenvalue weighted by Gasteiger charge is -2.29. The standard InChI is InChI=1S/C16H21Cl2N3O3.ClH/c1-21(16(23)15(19)10-4-6-24-7-5-10)9-14(22)20-11-2-3-12(17)13(18)8-11;/h2-3,8,10,15H,4-7,9,19H2,1H3,(H,20,22);1H. The van der Waals surface area contributed by atoms with Crippen molar-refractivity contribution in [2.24, 2.45) is 11.7 Å². The zero-order valence-corrected chi connectivity index (χ0v) is 16.2. The van der Waals surface area contributed by atoms with Gasteiger partial charge in [-0.05, 0) is 37.0 Å². The first kappa shape index (κ1) is 22.0. The average molecular weight is 411 g/mol. The fourth-order valence-electron chi connectivity index (χ4n) is 2.60. The fourth-order valence-corrected chi connectivity index (χ4v) is 2.90. The second-order valence-electron chi connectivity index (χ2n) is 5.85. The van der Waals surface area contributed by atoms with Crippen molar-refractivity contribution in [3.8, 4) is 0 Å². The summed E-state index contributed by atoms with van der Waals surface area (Å²) in [5.74, 6) is -0.485. The van der Waals surface area contributed by atoms with Crippen LogP contribution >= 0.6 is 35.6 Å². The van der Waals surface area contributed by atoms with E-state index in [-0.39, 0.29) is 36.7 Å². The van der Waals surface area contributed by atoms with E-state index >= 15 is 0 Å². The van der Waals surface area contributed by atoms with Gasteiger partial charge in [0.05, 0.1) is 22.6 Å². The Balaban J connectivity index is 0.00000312. The largest absolute Gasteiger partial charge is 0.381 e. The van der Waals surface area contributed by atoms with Crippen molar-refractivity contribution in [1.29, 1.82) is 0 Å². The second-order valence-corrected chi connectivity index (χ2v) is 6.66. The molecule has 1 aromatic rings. The molecule has 1 unspecified atom stereocenters. The summed E-state index contributed by atoms with van der Waals surface area (Å²) in [4.78, 5) is 25.8. The van der Waals surface area contributed by atoms with Crippen molar-refractivity contribution in [2.45, 2.75) is 18.9 Å². The summed E-state index contributed by atoms with van der Waals surface area (Å²) in [5, 5.41) is 3.43. The zero-order chi connectivity index (χ0) is 17.7. The quantitative estimate of drug-likeness (QED) is 0.781. The van der Waals surface area contributed by atoms with Gasteiger partial charge >= 0.3 is 0 Å². The van der Waals surface area contributed by atoms with Crippen LogP contribution in [0.25, 0.3) is 0 Å². The Bertz CT molecular complexity index is 610. The van der Waals surface area contributed by atoms with E-state index < -0.39 is 6.04 Å². The number of nitrogens with zero attached hydrogens (tertiary/aromatic N) is 1. The highest BCUT2D eigenvalue weighted by Crippen LogP contribution is 2.25. The van der Waals surface area contributed by atoms with Crippen molar-refractivity contribution >= 4 is 53.1 Å². The Morgan fingerprint density at radius 3 is 2.56 bits per heavy atom. The van der Waals surface area contributed by atoms with Crippen LogP contribution in [0.15, 0.2) is 18.2 Å². The highest BCUT2D eigenvalue weighted by molar-refractivity contribution is 6.42. The second kappa shape index (κ2) is 10.2. The number of nitrogens with two attached hydrogens (primary N) is 1. The first-order valence-electron chi connectivity index (χ1n) is 7.71. The van der Waals surface area contributed by atoms with Crippen LogP contribution in [-0.4, -0.2) is 49.6 Å². The zero-order valence-electron chi connectivity index (χ0n) is 13.8. The van der Waals surface area contributed by atoms with Gasteiger partial charge in [-0.1, -0.05) is 23.2 Å². The Hall–Kier alpha value is -1.05. The predicted molar refractivity (Wildman–Crippen MR) is 101 cm³/mol. The Labute approximate surface area is 163 Å². The number of anilines is 1. The first-order valence-corrected chi connectivity index (χ1v) is 8.47. The van der Waals surface area contributed by atoms with Gasteiger partial charge in [-0.25, -0.2) is 0 Å². The van der Waals surface area contributed by atoms with Crippen LogP contribution in [0.4, 0.5) is 5.69 Å². The molecular weight excluding hydrogens is 389 g/mol. The van der Waals surface area contributed by atoms with Crippen molar-refractivity contribution < 1.29 is 14.3 Å². The van der Waals surface area contributed by atoms with Crippen LogP contribution in [0, 0.1) is 5.92 Å². The maximum atomic E-state index is 12.4. The number of nitrogens with one attached hydrogen (secondary N) is 1. The molecule has 9 heteroatoms. The van der Waals surface area contributed by atoms with Gasteiger partial charge in [0.1, 0.15) is 0 Å². The molecule has 0 saturated carbocycles. The number of likely N-dealkylation sites (N-methyl/N-ethyl adjacent to an activating group) is 1. The molecule has 1 fully saturated rings. The van der Waals surface area contributed by atoms with Gasteiger partial charge in [0.15, 0.2) is 0 Å². The highest BCUT2D eigenvalue weighted by Gasteiger charge is 2.29. The molecule has 3 N–H and O–H groups in total. The number of rotatable bonds is 5. The lowest BCUT2D eigenvalue weighted by molar-refractivity contribution is -0.136. The number of benzene rings is 1. The van der Waals surface area contributed by atoms with E-state index in [0.717, 1.165) is 12.8 Å². The molecule has 6 nitrogen and oxygen atoms in total. The molecule has 1 aliphatic rings. The van der Waals surface area contributed by atoms with E-state index in [1.54, 1.807) is 25.2 Å². The molecule has 1 aromatic carbocycles. The van der Waals surface area contributed by atoms with Crippen molar-refractivity contribution in [1.82, 2.24) is 4.90 Å².